The third-order valence-electron chi connectivity index (χ3n) is 4.87. The Hall–Kier alpha value is -1.11. The molecule has 19 heavy (non-hydrogen) atoms. The Morgan fingerprint density at radius 2 is 1.84 bits per heavy atom. The Balaban J connectivity index is 1.51. The zero-order chi connectivity index (χ0) is 13.1. The number of hydrogen-bond donors (Lipinski definition) is 0. The summed E-state index contributed by atoms with van der Waals surface area (Å²) < 4.78 is 0. The van der Waals surface area contributed by atoms with Gasteiger partial charge in [0, 0.05) is 12.8 Å². The average Bonchev–Trinajstić information content (AvgIpc) is 3.07. The van der Waals surface area contributed by atoms with Gasteiger partial charge >= 0.3 is 0 Å². The maximum Gasteiger partial charge on any atom is 0.137 e. The molecule has 0 bridgehead atoms. The van der Waals surface area contributed by atoms with Crippen molar-refractivity contribution in [2.24, 2.45) is 5.92 Å². The summed E-state index contributed by atoms with van der Waals surface area (Å²) in [5.74, 6) is 1.27. The molecule has 0 aromatic heterocycles. The van der Waals surface area contributed by atoms with Gasteiger partial charge in [-0.2, -0.15) is 0 Å². The van der Waals surface area contributed by atoms with Gasteiger partial charge in [0.25, 0.3) is 0 Å². The van der Waals surface area contributed by atoms with E-state index in [2.05, 4.69) is 18.2 Å². The first-order valence-corrected chi connectivity index (χ1v) is 7.93. The van der Waals surface area contributed by atoms with Crippen LogP contribution in [-0.4, -0.2) is 5.78 Å². The number of carbonyl (C=O) groups excluding carboxylic acids is 1. The summed E-state index contributed by atoms with van der Waals surface area (Å²) in [6.07, 6.45) is 11.8. The quantitative estimate of drug-likeness (QED) is 0.769. The fraction of sp³-hybridized carbons (Fsp3) is 0.611. The molecule has 1 fully saturated rings. The Morgan fingerprint density at radius 1 is 1.05 bits per heavy atom. The first-order valence-electron chi connectivity index (χ1n) is 7.93. The number of benzene rings is 1. The van der Waals surface area contributed by atoms with Crippen LogP contribution in [0.25, 0.3) is 0 Å². The number of Topliss-reactive ketones (excluding diaryl/α,β-unsaturated/α-hetero) is 1. The molecule has 0 N–H and O–H groups in total. The van der Waals surface area contributed by atoms with E-state index < -0.39 is 0 Å². The minimum Gasteiger partial charge on any atom is -0.299 e. The van der Waals surface area contributed by atoms with E-state index in [4.69, 9.17) is 0 Å². The van der Waals surface area contributed by atoms with Gasteiger partial charge in [-0.3, -0.25) is 4.79 Å². The molecule has 1 aromatic rings. The zero-order valence-electron chi connectivity index (χ0n) is 11.8. The van der Waals surface area contributed by atoms with Crippen LogP contribution in [0.5, 0.6) is 0 Å². The predicted molar refractivity (Wildman–Crippen MR) is 78.4 cm³/mol. The van der Waals surface area contributed by atoms with Gasteiger partial charge in [0.2, 0.25) is 0 Å². The van der Waals surface area contributed by atoms with Crippen LogP contribution >= 0.6 is 0 Å². The van der Waals surface area contributed by atoms with E-state index >= 15 is 0 Å². The minimum absolute atomic E-state index is 0.435. The first kappa shape index (κ1) is 12.9. The molecular formula is C18H24O. The zero-order valence-corrected chi connectivity index (χ0v) is 11.8. The van der Waals surface area contributed by atoms with E-state index in [-0.39, 0.29) is 0 Å². The van der Waals surface area contributed by atoms with Gasteiger partial charge in [0.15, 0.2) is 0 Å². The van der Waals surface area contributed by atoms with Crippen LogP contribution in [0, 0.1) is 5.92 Å². The second-order valence-corrected chi connectivity index (χ2v) is 6.36. The molecule has 2 aliphatic rings. The highest BCUT2D eigenvalue weighted by atomic mass is 16.1. The lowest BCUT2D eigenvalue weighted by molar-refractivity contribution is -0.118. The number of hydrogen-bond acceptors (Lipinski definition) is 1. The predicted octanol–water partition coefficient (Wildman–Crippen LogP) is 4.26. The SMILES string of the molecule is O=C(CCC1CCCC1)Cc1ccc2c(c1)CCC2. The van der Waals surface area contributed by atoms with Crippen LogP contribution in [0.2, 0.25) is 0 Å². The van der Waals surface area contributed by atoms with Crippen LogP contribution in [-0.2, 0) is 24.1 Å². The molecule has 0 radical (unpaired) electrons. The summed E-state index contributed by atoms with van der Waals surface area (Å²) in [5, 5.41) is 0. The topological polar surface area (TPSA) is 17.1 Å². The van der Waals surface area contributed by atoms with Gasteiger partial charge in [0.1, 0.15) is 5.78 Å². The van der Waals surface area contributed by atoms with Gasteiger partial charge in [-0.25, -0.2) is 0 Å². The summed E-state index contributed by atoms with van der Waals surface area (Å²) in [6.45, 7) is 0. The lowest BCUT2D eigenvalue weighted by Crippen LogP contribution is -2.06. The molecule has 102 valence electrons. The second kappa shape index (κ2) is 5.90. The highest BCUT2D eigenvalue weighted by molar-refractivity contribution is 5.80. The van der Waals surface area contributed by atoms with Crippen LogP contribution in [0.15, 0.2) is 18.2 Å². The van der Waals surface area contributed by atoms with Crippen LogP contribution in [0.3, 0.4) is 0 Å². The van der Waals surface area contributed by atoms with Crippen molar-refractivity contribution in [3.05, 3.63) is 34.9 Å². The monoisotopic (exact) mass is 256 g/mol. The number of rotatable bonds is 5. The molecule has 0 unspecified atom stereocenters. The van der Waals surface area contributed by atoms with Crippen LogP contribution in [0.1, 0.15) is 61.6 Å². The van der Waals surface area contributed by atoms with Crippen LogP contribution < -0.4 is 0 Å². The molecule has 1 nitrogen and oxygen atoms in total. The molecule has 3 rings (SSSR count). The van der Waals surface area contributed by atoms with Crippen molar-refractivity contribution in [1.29, 1.82) is 0 Å². The molecule has 0 atom stereocenters. The maximum atomic E-state index is 12.1. The van der Waals surface area contributed by atoms with E-state index in [1.54, 1.807) is 0 Å². The smallest absolute Gasteiger partial charge is 0.137 e. The summed E-state index contributed by atoms with van der Waals surface area (Å²) in [4.78, 5) is 12.1. The van der Waals surface area contributed by atoms with Crippen molar-refractivity contribution in [3.63, 3.8) is 0 Å². The van der Waals surface area contributed by atoms with Gasteiger partial charge in [-0.1, -0.05) is 43.9 Å². The molecule has 0 saturated heterocycles. The lowest BCUT2D eigenvalue weighted by Gasteiger charge is -2.08. The Bertz CT molecular complexity index is 455. The van der Waals surface area contributed by atoms with Crippen molar-refractivity contribution in [3.8, 4) is 0 Å². The molecule has 1 heteroatoms. The van der Waals surface area contributed by atoms with Gasteiger partial charge in [-0.05, 0) is 48.3 Å². The minimum atomic E-state index is 0.435. The highest BCUT2D eigenvalue weighted by Crippen LogP contribution is 2.29. The Labute approximate surface area is 116 Å². The van der Waals surface area contributed by atoms with E-state index in [1.807, 2.05) is 0 Å². The molecule has 0 amide bonds. The van der Waals surface area contributed by atoms with Crippen molar-refractivity contribution >= 4 is 5.78 Å². The largest absolute Gasteiger partial charge is 0.299 e. The van der Waals surface area contributed by atoms with E-state index in [0.29, 0.717) is 12.2 Å². The van der Waals surface area contributed by atoms with Gasteiger partial charge < -0.3 is 0 Å². The summed E-state index contributed by atoms with van der Waals surface area (Å²) in [6, 6.07) is 6.68. The molecule has 1 saturated carbocycles. The molecule has 0 aliphatic heterocycles. The molecular weight excluding hydrogens is 232 g/mol. The lowest BCUT2D eigenvalue weighted by atomic mass is 9.96. The van der Waals surface area contributed by atoms with Crippen molar-refractivity contribution in [2.45, 2.75) is 64.2 Å². The van der Waals surface area contributed by atoms with Crippen molar-refractivity contribution < 1.29 is 4.79 Å². The number of ketones is 1. The summed E-state index contributed by atoms with van der Waals surface area (Å²) in [7, 11) is 0. The molecule has 0 heterocycles. The third-order valence-corrected chi connectivity index (χ3v) is 4.87. The number of aryl methyl sites for hydroxylation is 2. The van der Waals surface area contributed by atoms with E-state index in [9.17, 15) is 4.79 Å². The second-order valence-electron chi connectivity index (χ2n) is 6.36. The van der Waals surface area contributed by atoms with Crippen LogP contribution in [0.4, 0.5) is 0 Å². The third kappa shape index (κ3) is 3.26. The Kier molecular flexibility index (Phi) is 4.00. The molecule has 1 aromatic carbocycles. The normalized spacial score (nSPS) is 18.7. The standard InChI is InChI=1S/C18H24O/c19-18(11-9-14-4-1-2-5-14)13-15-8-10-16-6-3-7-17(16)12-15/h8,10,12,14H,1-7,9,11,13H2. The first-order chi connectivity index (χ1) is 9.31. The van der Waals surface area contributed by atoms with E-state index in [0.717, 1.165) is 18.8 Å². The van der Waals surface area contributed by atoms with Gasteiger partial charge in [-0.15, -0.1) is 0 Å². The average molecular weight is 256 g/mol. The maximum absolute atomic E-state index is 12.1. The number of fused-ring (bicyclic) bond motifs is 1. The highest BCUT2D eigenvalue weighted by Gasteiger charge is 2.17. The van der Waals surface area contributed by atoms with E-state index in [1.165, 1.54) is 61.6 Å². The Morgan fingerprint density at radius 3 is 2.68 bits per heavy atom. The number of carbonyl (C=O) groups is 1. The van der Waals surface area contributed by atoms with Gasteiger partial charge in [0.05, 0.1) is 0 Å². The summed E-state index contributed by atoms with van der Waals surface area (Å²) >= 11 is 0. The summed E-state index contributed by atoms with van der Waals surface area (Å²) in [5.41, 5.74) is 4.22. The molecule has 0 spiro atoms. The fourth-order valence-electron chi connectivity index (χ4n) is 3.72. The molecule has 2 aliphatic carbocycles. The van der Waals surface area contributed by atoms with Crippen molar-refractivity contribution in [2.75, 3.05) is 0 Å². The van der Waals surface area contributed by atoms with Crippen molar-refractivity contribution in [1.82, 2.24) is 0 Å². The fourth-order valence-corrected chi connectivity index (χ4v) is 3.72.